The van der Waals surface area contributed by atoms with E-state index in [1.807, 2.05) is 0 Å². The Morgan fingerprint density at radius 2 is 1.81 bits per heavy atom. The van der Waals surface area contributed by atoms with E-state index in [9.17, 15) is 18.0 Å². The van der Waals surface area contributed by atoms with E-state index in [4.69, 9.17) is 0 Å². The van der Waals surface area contributed by atoms with E-state index in [-0.39, 0.29) is 11.6 Å². The van der Waals surface area contributed by atoms with Crippen LogP contribution in [0.25, 0.3) is 0 Å². The molecule has 0 radical (unpaired) electrons. The largest absolute Gasteiger partial charge is 0.416 e. The van der Waals surface area contributed by atoms with Gasteiger partial charge in [-0.2, -0.15) is 13.2 Å². The second-order valence-corrected chi connectivity index (χ2v) is 7.26. The third-order valence-electron chi connectivity index (χ3n) is 3.53. The zero-order chi connectivity index (χ0) is 15.6. The molecule has 0 aromatic heterocycles. The molecule has 0 aliphatic heterocycles. The molecular weight excluding hydrogens is 415 g/mol. The molecule has 1 aromatic rings. The van der Waals surface area contributed by atoms with Crippen LogP contribution in [0.4, 0.5) is 13.2 Å². The lowest BCUT2D eigenvalue weighted by Crippen LogP contribution is -2.38. The fraction of sp³-hybridized carbons (Fsp3) is 0.500. The van der Waals surface area contributed by atoms with Gasteiger partial charge >= 0.3 is 6.18 Å². The summed E-state index contributed by atoms with van der Waals surface area (Å²) in [6.45, 7) is 0. The quantitative estimate of drug-likeness (QED) is 0.666. The van der Waals surface area contributed by atoms with Crippen LogP contribution in [0, 0.1) is 0 Å². The first-order valence-corrected chi connectivity index (χ1v) is 8.30. The van der Waals surface area contributed by atoms with E-state index in [0.29, 0.717) is 9.30 Å². The van der Waals surface area contributed by atoms with Crippen molar-refractivity contribution in [3.63, 3.8) is 0 Å². The van der Waals surface area contributed by atoms with Crippen LogP contribution in [0.1, 0.15) is 41.6 Å². The Hall–Kier alpha value is -0.560. The molecule has 2 nitrogen and oxygen atoms in total. The fourth-order valence-corrected chi connectivity index (χ4v) is 3.29. The van der Waals surface area contributed by atoms with Crippen molar-refractivity contribution in [3.05, 3.63) is 33.8 Å². The number of amides is 1. The molecule has 0 atom stereocenters. The van der Waals surface area contributed by atoms with E-state index >= 15 is 0 Å². The topological polar surface area (TPSA) is 29.1 Å². The monoisotopic (exact) mass is 427 g/mol. The van der Waals surface area contributed by atoms with Gasteiger partial charge in [-0.05, 0) is 59.8 Å². The van der Waals surface area contributed by atoms with E-state index in [1.165, 1.54) is 6.07 Å². The molecule has 0 heterocycles. The molecule has 2 rings (SSSR count). The highest BCUT2D eigenvalue weighted by Crippen LogP contribution is 2.32. The van der Waals surface area contributed by atoms with Crippen molar-refractivity contribution in [3.8, 4) is 0 Å². The molecular formula is C14H14Br2F3NO. The van der Waals surface area contributed by atoms with Crippen molar-refractivity contribution in [1.82, 2.24) is 5.32 Å². The molecule has 0 saturated heterocycles. The molecule has 1 saturated carbocycles. The maximum atomic E-state index is 12.7. The summed E-state index contributed by atoms with van der Waals surface area (Å²) >= 11 is 6.66. The van der Waals surface area contributed by atoms with Gasteiger partial charge in [-0.25, -0.2) is 0 Å². The lowest BCUT2D eigenvalue weighted by molar-refractivity contribution is -0.137. The molecule has 0 unspecified atom stereocenters. The van der Waals surface area contributed by atoms with Gasteiger partial charge in [0.05, 0.1) is 11.1 Å². The smallest absolute Gasteiger partial charge is 0.349 e. The van der Waals surface area contributed by atoms with Crippen molar-refractivity contribution in [2.45, 2.75) is 42.7 Å². The number of hydrogen-bond acceptors (Lipinski definition) is 1. The molecule has 0 bridgehead atoms. The standard InChI is InChI=1S/C14H14Br2F3NO/c15-9-2-4-10(5-3-9)20-13(21)11-7-8(14(17,18)19)1-6-12(11)16/h1,6-7,9-10H,2-5H2,(H,20,21). The average Bonchev–Trinajstić information content (AvgIpc) is 2.40. The van der Waals surface area contributed by atoms with Gasteiger partial charge in [-0.1, -0.05) is 15.9 Å². The Balaban J connectivity index is 2.11. The highest BCUT2D eigenvalue weighted by molar-refractivity contribution is 9.10. The normalized spacial score (nSPS) is 22.9. The molecule has 1 aliphatic rings. The van der Waals surface area contributed by atoms with E-state index < -0.39 is 17.6 Å². The lowest BCUT2D eigenvalue weighted by Gasteiger charge is -2.26. The Morgan fingerprint density at radius 1 is 1.19 bits per heavy atom. The van der Waals surface area contributed by atoms with Gasteiger partial charge in [0.25, 0.3) is 5.91 Å². The van der Waals surface area contributed by atoms with Crippen molar-refractivity contribution < 1.29 is 18.0 Å². The minimum atomic E-state index is -4.45. The second kappa shape index (κ2) is 6.69. The van der Waals surface area contributed by atoms with E-state index in [1.54, 1.807) is 0 Å². The van der Waals surface area contributed by atoms with Crippen LogP contribution in [0.2, 0.25) is 0 Å². The average molecular weight is 429 g/mol. The molecule has 1 aliphatic carbocycles. The van der Waals surface area contributed by atoms with Gasteiger partial charge in [-0.15, -0.1) is 0 Å². The summed E-state index contributed by atoms with van der Waals surface area (Å²) in [5.41, 5.74) is -0.800. The first kappa shape index (κ1) is 16.8. The molecule has 7 heteroatoms. The maximum absolute atomic E-state index is 12.7. The Kier molecular flexibility index (Phi) is 5.35. The first-order valence-electron chi connectivity index (χ1n) is 6.59. The summed E-state index contributed by atoms with van der Waals surface area (Å²) in [5, 5.41) is 2.82. The van der Waals surface area contributed by atoms with Crippen LogP contribution in [0.15, 0.2) is 22.7 Å². The van der Waals surface area contributed by atoms with Crippen molar-refractivity contribution in [2.24, 2.45) is 0 Å². The van der Waals surface area contributed by atoms with Crippen LogP contribution in [-0.4, -0.2) is 16.8 Å². The summed E-state index contributed by atoms with van der Waals surface area (Å²) in [4.78, 5) is 12.6. The molecule has 116 valence electrons. The Bertz CT molecular complexity index is 525. The van der Waals surface area contributed by atoms with E-state index in [2.05, 4.69) is 37.2 Å². The van der Waals surface area contributed by atoms with E-state index in [0.717, 1.165) is 37.8 Å². The number of halogens is 5. The van der Waals surface area contributed by atoms with Crippen LogP contribution >= 0.6 is 31.9 Å². The third-order valence-corrected chi connectivity index (χ3v) is 5.14. The summed E-state index contributed by atoms with van der Waals surface area (Å²) in [5.74, 6) is -0.467. The third kappa shape index (κ3) is 4.45. The van der Waals surface area contributed by atoms with Gasteiger partial charge in [-0.3, -0.25) is 4.79 Å². The zero-order valence-corrected chi connectivity index (χ0v) is 14.2. The predicted molar refractivity (Wildman–Crippen MR) is 81.6 cm³/mol. The van der Waals surface area contributed by atoms with Gasteiger partial charge in [0.1, 0.15) is 0 Å². The SMILES string of the molecule is O=C(NC1CCC(Br)CC1)c1cc(C(F)(F)F)ccc1Br. The van der Waals surface area contributed by atoms with Gasteiger partial charge < -0.3 is 5.32 Å². The highest BCUT2D eigenvalue weighted by Gasteiger charge is 2.32. The number of carbonyl (C=O) groups is 1. The fourth-order valence-electron chi connectivity index (χ4n) is 2.34. The number of nitrogens with one attached hydrogen (secondary N) is 1. The van der Waals surface area contributed by atoms with Crippen molar-refractivity contribution in [2.75, 3.05) is 0 Å². The number of benzene rings is 1. The van der Waals surface area contributed by atoms with Crippen LogP contribution in [0.5, 0.6) is 0 Å². The first-order chi connectivity index (χ1) is 9.77. The van der Waals surface area contributed by atoms with Crippen molar-refractivity contribution >= 4 is 37.8 Å². The number of carbonyl (C=O) groups excluding carboxylic acids is 1. The number of alkyl halides is 4. The highest BCUT2D eigenvalue weighted by atomic mass is 79.9. The zero-order valence-electron chi connectivity index (χ0n) is 11.0. The summed E-state index contributed by atoms with van der Waals surface area (Å²) in [6.07, 6.45) is -0.885. The van der Waals surface area contributed by atoms with Crippen LogP contribution < -0.4 is 5.32 Å². The second-order valence-electron chi connectivity index (χ2n) is 5.11. The van der Waals surface area contributed by atoms with Gasteiger partial charge in [0.2, 0.25) is 0 Å². The molecule has 1 amide bonds. The van der Waals surface area contributed by atoms with Gasteiger partial charge in [0.15, 0.2) is 0 Å². The lowest BCUT2D eigenvalue weighted by atomic mass is 9.95. The maximum Gasteiger partial charge on any atom is 0.416 e. The van der Waals surface area contributed by atoms with Crippen LogP contribution in [-0.2, 0) is 6.18 Å². The Labute approximate surface area is 137 Å². The summed E-state index contributed by atoms with van der Waals surface area (Å²) < 4.78 is 38.5. The van der Waals surface area contributed by atoms with Gasteiger partial charge in [0, 0.05) is 15.3 Å². The molecule has 1 fully saturated rings. The summed E-state index contributed by atoms with van der Waals surface area (Å²) in [7, 11) is 0. The molecule has 0 spiro atoms. The van der Waals surface area contributed by atoms with Crippen molar-refractivity contribution in [1.29, 1.82) is 0 Å². The molecule has 1 aromatic carbocycles. The molecule has 1 N–H and O–H groups in total. The minimum absolute atomic E-state index is 0.0193. The number of hydrogen-bond donors (Lipinski definition) is 1. The predicted octanol–water partition coefficient (Wildman–Crippen LogP) is 4.90. The summed E-state index contributed by atoms with van der Waals surface area (Å²) in [6, 6.07) is 3.12. The Morgan fingerprint density at radius 3 is 2.38 bits per heavy atom. The number of rotatable bonds is 2. The minimum Gasteiger partial charge on any atom is -0.349 e. The molecule has 21 heavy (non-hydrogen) atoms. The van der Waals surface area contributed by atoms with Crippen LogP contribution in [0.3, 0.4) is 0 Å².